The van der Waals surface area contributed by atoms with Crippen LogP contribution >= 0.6 is 11.8 Å². The Morgan fingerprint density at radius 1 is 1.45 bits per heavy atom. The van der Waals surface area contributed by atoms with Crippen LogP contribution in [0.15, 0.2) is 27.0 Å². The van der Waals surface area contributed by atoms with Crippen LogP contribution in [0, 0.1) is 11.6 Å². The minimum absolute atomic E-state index is 0.0957. The third kappa shape index (κ3) is 2.57. The summed E-state index contributed by atoms with van der Waals surface area (Å²) in [5, 5.41) is 14.6. The van der Waals surface area contributed by atoms with E-state index in [1.807, 2.05) is 0 Å². The van der Waals surface area contributed by atoms with Gasteiger partial charge in [0, 0.05) is 6.54 Å². The van der Waals surface area contributed by atoms with Gasteiger partial charge in [0.2, 0.25) is 0 Å². The number of carboxylic acid groups (broad SMARTS) is 1. The molecule has 0 aliphatic rings. The topological polar surface area (TPSA) is 88.0 Å². The van der Waals surface area contributed by atoms with Gasteiger partial charge in [-0.1, -0.05) is 0 Å². The number of carboxylic acids is 1. The number of nitrogens with zero attached hydrogens (tertiary/aromatic N) is 2. The fraction of sp³-hybridized carbons (Fsp3) is 0.182. The second-order valence-corrected chi connectivity index (χ2v) is 4.71. The van der Waals surface area contributed by atoms with E-state index in [1.165, 1.54) is 4.57 Å². The molecule has 1 aromatic carbocycles. The van der Waals surface area contributed by atoms with Gasteiger partial charge in [-0.25, -0.2) is 23.5 Å². The summed E-state index contributed by atoms with van der Waals surface area (Å²) in [5.74, 6) is -3.47. The Bertz CT molecular complexity index is 703. The van der Waals surface area contributed by atoms with Crippen molar-refractivity contribution in [2.75, 3.05) is 0 Å². The summed E-state index contributed by atoms with van der Waals surface area (Å²) in [5.41, 5.74) is -0.975. The highest BCUT2D eigenvalue weighted by molar-refractivity contribution is 7.99. The quantitative estimate of drug-likeness (QED) is 0.897. The van der Waals surface area contributed by atoms with Gasteiger partial charge in [0.05, 0.1) is 10.5 Å². The van der Waals surface area contributed by atoms with Crippen molar-refractivity contribution in [3.05, 3.63) is 39.8 Å². The van der Waals surface area contributed by atoms with Gasteiger partial charge in [-0.2, -0.15) is 0 Å². The number of nitrogens with one attached hydrogen (secondary N) is 1. The summed E-state index contributed by atoms with van der Waals surface area (Å²) in [4.78, 5) is 21.6. The molecule has 2 rings (SSSR count). The highest BCUT2D eigenvalue weighted by Crippen LogP contribution is 2.31. The van der Waals surface area contributed by atoms with Crippen molar-refractivity contribution in [3.8, 4) is 0 Å². The van der Waals surface area contributed by atoms with Gasteiger partial charge in [-0.3, -0.25) is 4.57 Å². The molecule has 0 amide bonds. The zero-order chi connectivity index (χ0) is 14.9. The van der Waals surface area contributed by atoms with Crippen LogP contribution in [0.3, 0.4) is 0 Å². The largest absolute Gasteiger partial charge is 0.478 e. The van der Waals surface area contributed by atoms with Crippen molar-refractivity contribution < 1.29 is 18.7 Å². The number of rotatable bonds is 4. The Labute approximate surface area is 115 Å². The molecule has 106 valence electrons. The summed E-state index contributed by atoms with van der Waals surface area (Å²) >= 11 is 0.611. The number of H-pyrrole nitrogens is 1. The van der Waals surface area contributed by atoms with Crippen molar-refractivity contribution in [3.63, 3.8) is 0 Å². The smallest absolute Gasteiger partial charge is 0.343 e. The van der Waals surface area contributed by atoms with E-state index in [1.54, 1.807) is 6.92 Å². The van der Waals surface area contributed by atoms with Crippen LogP contribution in [-0.2, 0) is 6.54 Å². The minimum Gasteiger partial charge on any atom is -0.478 e. The molecular weight excluding hydrogens is 292 g/mol. The van der Waals surface area contributed by atoms with E-state index in [9.17, 15) is 18.4 Å². The molecule has 9 heteroatoms. The number of aromatic nitrogens is 3. The van der Waals surface area contributed by atoms with E-state index in [4.69, 9.17) is 5.11 Å². The summed E-state index contributed by atoms with van der Waals surface area (Å²) in [6, 6.07) is 1.43. The lowest BCUT2D eigenvalue weighted by Gasteiger charge is -2.06. The SMILES string of the molecule is CCn1c(Sc2c(F)cc(C(=O)O)cc2F)n[nH]c1=O. The fourth-order valence-electron chi connectivity index (χ4n) is 1.53. The first kappa shape index (κ1) is 14.3. The third-order valence-corrected chi connectivity index (χ3v) is 3.57. The maximum absolute atomic E-state index is 13.7. The Kier molecular flexibility index (Phi) is 3.89. The molecule has 20 heavy (non-hydrogen) atoms. The maximum atomic E-state index is 13.7. The molecule has 0 bridgehead atoms. The molecule has 0 aliphatic heterocycles. The molecule has 0 atom stereocenters. The van der Waals surface area contributed by atoms with E-state index in [0.29, 0.717) is 11.8 Å². The minimum atomic E-state index is -1.43. The van der Waals surface area contributed by atoms with Crippen molar-refractivity contribution in [2.24, 2.45) is 0 Å². The maximum Gasteiger partial charge on any atom is 0.343 e. The van der Waals surface area contributed by atoms with Crippen LogP contribution in [0.4, 0.5) is 8.78 Å². The molecule has 0 fully saturated rings. The zero-order valence-corrected chi connectivity index (χ0v) is 11.0. The number of hydrogen-bond donors (Lipinski definition) is 2. The number of carbonyl (C=O) groups is 1. The average molecular weight is 301 g/mol. The van der Waals surface area contributed by atoms with E-state index < -0.39 is 33.8 Å². The van der Waals surface area contributed by atoms with E-state index in [2.05, 4.69) is 10.2 Å². The predicted molar refractivity (Wildman–Crippen MR) is 66.0 cm³/mol. The second kappa shape index (κ2) is 5.45. The van der Waals surface area contributed by atoms with Gasteiger partial charge >= 0.3 is 11.7 Å². The summed E-state index contributed by atoms with van der Waals surface area (Å²) in [6.45, 7) is 1.97. The summed E-state index contributed by atoms with van der Waals surface area (Å²) in [7, 11) is 0. The first-order valence-corrected chi connectivity index (χ1v) is 6.31. The number of hydrogen-bond acceptors (Lipinski definition) is 4. The first-order chi connectivity index (χ1) is 9.43. The highest BCUT2D eigenvalue weighted by Gasteiger charge is 2.18. The summed E-state index contributed by atoms with van der Waals surface area (Å²) in [6.07, 6.45) is 0. The Hall–Kier alpha value is -2.16. The van der Waals surface area contributed by atoms with Crippen molar-refractivity contribution in [2.45, 2.75) is 23.5 Å². The highest BCUT2D eigenvalue weighted by atomic mass is 32.2. The molecule has 0 radical (unpaired) electrons. The van der Waals surface area contributed by atoms with E-state index in [-0.39, 0.29) is 11.7 Å². The number of aromatic amines is 1. The molecule has 0 spiro atoms. The van der Waals surface area contributed by atoms with E-state index in [0.717, 1.165) is 12.1 Å². The number of benzene rings is 1. The monoisotopic (exact) mass is 301 g/mol. The molecule has 0 aliphatic carbocycles. The molecule has 2 N–H and O–H groups in total. The molecule has 0 saturated carbocycles. The lowest BCUT2D eigenvalue weighted by atomic mass is 10.2. The zero-order valence-electron chi connectivity index (χ0n) is 10.2. The summed E-state index contributed by atoms with van der Waals surface area (Å²) < 4.78 is 28.7. The van der Waals surface area contributed by atoms with Crippen LogP contribution in [0.25, 0.3) is 0 Å². The molecular formula is C11H9F2N3O3S. The average Bonchev–Trinajstić information content (AvgIpc) is 2.73. The van der Waals surface area contributed by atoms with E-state index >= 15 is 0 Å². The Morgan fingerprint density at radius 2 is 2.05 bits per heavy atom. The lowest BCUT2D eigenvalue weighted by Crippen LogP contribution is -2.16. The fourth-order valence-corrected chi connectivity index (χ4v) is 2.44. The van der Waals surface area contributed by atoms with Crippen LogP contribution in [0.2, 0.25) is 0 Å². The molecule has 0 unspecified atom stereocenters. The van der Waals surface area contributed by atoms with Gasteiger partial charge in [0.15, 0.2) is 5.16 Å². The van der Waals surface area contributed by atoms with Crippen molar-refractivity contribution >= 4 is 17.7 Å². The number of aromatic carboxylic acids is 1. The van der Waals surface area contributed by atoms with Gasteiger partial charge < -0.3 is 5.11 Å². The van der Waals surface area contributed by atoms with Gasteiger partial charge in [0.1, 0.15) is 11.6 Å². The van der Waals surface area contributed by atoms with Crippen LogP contribution < -0.4 is 5.69 Å². The predicted octanol–water partition coefficient (Wildman–Crippen LogP) is 1.72. The normalized spacial score (nSPS) is 10.8. The third-order valence-electron chi connectivity index (χ3n) is 2.48. The second-order valence-electron chi connectivity index (χ2n) is 3.73. The lowest BCUT2D eigenvalue weighted by molar-refractivity contribution is 0.0695. The van der Waals surface area contributed by atoms with Crippen molar-refractivity contribution in [1.82, 2.24) is 14.8 Å². The van der Waals surface area contributed by atoms with Gasteiger partial charge in [-0.05, 0) is 30.8 Å². The number of halogens is 2. The molecule has 0 saturated heterocycles. The molecule has 1 heterocycles. The molecule has 1 aromatic heterocycles. The van der Waals surface area contributed by atoms with Gasteiger partial charge in [-0.15, -0.1) is 5.10 Å². The van der Waals surface area contributed by atoms with Crippen molar-refractivity contribution in [1.29, 1.82) is 0 Å². The standard InChI is InChI=1S/C11H9F2N3O3S/c1-2-16-10(19)14-15-11(16)20-8-6(12)3-5(9(17)18)4-7(8)13/h3-4H,2H2,1H3,(H,14,19)(H,17,18). The Morgan fingerprint density at radius 3 is 2.55 bits per heavy atom. The molecule has 2 aromatic rings. The Balaban J connectivity index is 2.44. The van der Waals surface area contributed by atoms with Gasteiger partial charge in [0.25, 0.3) is 0 Å². The van der Waals surface area contributed by atoms with Crippen LogP contribution in [0.1, 0.15) is 17.3 Å². The molecule has 6 nitrogen and oxygen atoms in total. The van der Waals surface area contributed by atoms with Crippen LogP contribution in [-0.4, -0.2) is 25.8 Å². The van der Waals surface area contributed by atoms with Crippen LogP contribution in [0.5, 0.6) is 0 Å². The first-order valence-electron chi connectivity index (χ1n) is 5.49.